The highest BCUT2D eigenvalue weighted by Crippen LogP contribution is 2.13. The summed E-state index contributed by atoms with van der Waals surface area (Å²) in [5.41, 5.74) is 9.22. The third-order valence-corrected chi connectivity index (χ3v) is 4.57. The summed E-state index contributed by atoms with van der Waals surface area (Å²) in [5, 5.41) is 0.126. The average Bonchev–Trinajstić information content (AvgIpc) is 2.17. The number of hydrogen-bond donors (Lipinski definition) is 1. The standard InChI is InChI=1S/C13H21NOS/c1-4-13(8-14)16(15)9-12-6-10(2)5-11(3)7-12/h5-7,13H,4,8-9,14H2,1-3H3. The number of rotatable bonds is 5. The molecule has 1 aromatic carbocycles. The van der Waals surface area contributed by atoms with Crippen LogP contribution in [-0.2, 0) is 16.6 Å². The fourth-order valence-electron chi connectivity index (χ4n) is 1.89. The summed E-state index contributed by atoms with van der Waals surface area (Å²) < 4.78 is 12.0. The van der Waals surface area contributed by atoms with Gasteiger partial charge in [-0.1, -0.05) is 36.2 Å². The molecule has 0 heterocycles. The predicted octanol–water partition coefficient (Wildman–Crippen LogP) is 2.29. The molecule has 2 unspecified atom stereocenters. The quantitative estimate of drug-likeness (QED) is 0.856. The minimum atomic E-state index is -0.850. The van der Waals surface area contributed by atoms with Crippen molar-refractivity contribution in [1.82, 2.24) is 0 Å². The first-order valence-electron chi connectivity index (χ1n) is 5.71. The monoisotopic (exact) mass is 239 g/mol. The van der Waals surface area contributed by atoms with E-state index in [4.69, 9.17) is 5.73 Å². The molecule has 2 nitrogen and oxygen atoms in total. The van der Waals surface area contributed by atoms with Crippen molar-refractivity contribution in [2.75, 3.05) is 6.54 Å². The van der Waals surface area contributed by atoms with E-state index in [1.165, 1.54) is 11.1 Å². The van der Waals surface area contributed by atoms with Crippen LogP contribution in [0.3, 0.4) is 0 Å². The third-order valence-electron chi connectivity index (χ3n) is 2.68. The Kier molecular flexibility index (Phi) is 5.16. The molecule has 0 radical (unpaired) electrons. The second-order valence-corrected chi connectivity index (χ2v) is 6.00. The van der Waals surface area contributed by atoms with E-state index in [1.54, 1.807) is 0 Å². The maximum absolute atomic E-state index is 12.0. The molecule has 1 rings (SSSR count). The van der Waals surface area contributed by atoms with Crippen molar-refractivity contribution in [1.29, 1.82) is 0 Å². The van der Waals surface area contributed by atoms with Crippen LogP contribution in [0.4, 0.5) is 0 Å². The molecule has 3 heteroatoms. The van der Waals surface area contributed by atoms with Crippen molar-refractivity contribution < 1.29 is 4.21 Å². The molecule has 0 fully saturated rings. The second-order valence-electron chi connectivity index (χ2n) is 4.29. The molecule has 0 aliphatic rings. The fraction of sp³-hybridized carbons (Fsp3) is 0.538. The van der Waals surface area contributed by atoms with Crippen LogP contribution < -0.4 is 5.73 Å². The van der Waals surface area contributed by atoms with E-state index < -0.39 is 10.8 Å². The summed E-state index contributed by atoms with van der Waals surface area (Å²) in [4.78, 5) is 0. The van der Waals surface area contributed by atoms with E-state index >= 15 is 0 Å². The lowest BCUT2D eigenvalue weighted by atomic mass is 10.1. The van der Waals surface area contributed by atoms with Crippen LogP contribution in [0.1, 0.15) is 30.0 Å². The van der Waals surface area contributed by atoms with Crippen LogP contribution in [0.5, 0.6) is 0 Å². The lowest BCUT2D eigenvalue weighted by Crippen LogP contribution is -2.25. The van der Waals surface area contributed by atoms with Gasteiger partial charge in [0.05, 0.1) is 0 Å². The van der Waals surface area contributed by atoms with Gasteiger partial charge in [-0.3, -0.25) is 4.21 Å². The van der Waals surface area contributed by atoms with Crippen molar-refractivity contribution in [2.45, 2.75) is 38.2 Å². The van der Waals surface area contributed by atoms with Gasteiger partial charge in [0.15, 0.2) is 0 Å². The minimum Gasteiger partial charge on any atom is -0.329 e. The smallest absolute Gasteiger partial charge is 0.0489 e. The number of nitrogens with two attached hydrogens (primary N) is 1. The molecule has 0 spiro atoms. The van der Waals surface area contributed by atoms with E-state index in [2.05, 4.69) is 32.0 Å². The van der Waals surface area contributed by atoms with Crippen molar-refractivity contribution in [3.05, 3.63) is 34.9 Å². The van der Waals surface area contributed by atoms with Crippen molar-refractivity contribution in [3.63, 3.8) is 0 Å². The first-order chi connectivity index (χ1) is 7.56. The maximum Gasteiger partial charge on any atom is 0.0489 e. The van der Waals surface area contributed by atoms with Gasteiger partial charge in [0.1, 0.15) is 0 Å². The number of aryl methyl sites for hydroxylation is 2. The molecule has 0 aliphatic carbocycles. The average molecular weight is 239 g/mol. The van der Waals surface area contributed by atoms with Crippen LogP contribution in [-0.4, -0.2) is 16.0 Å². The van der Waals surface area contributed by atoms with Gasteiger partial charge < -0.3 is 5.73 Å². The molecule has 2 atom stereocenters. The van der Waals surface area contributed by atoms with Gasteiger partial charge in [0.2, 0.25) is 0 Å². The number of hydrogen-bond acceptors (Lipinski definition) is 2. The predicted molar refractivity (Wildman–Crippen MR) is 70.9 cm³/mol. The molecule has 90 valence electrons. The Bertz CT molecular complexity index is 352. The van der Waals surface area contributed by atoms with Crippen molar-refractivity contribution >= 4 is 10.8 Å². The summed E-state index contributed by atoms with van der Waals surface area (Å²) >= 11 is 0. The summed E-state index contributed by atoms with van der Waals surface area (Å²) in [5.74, 6) is 0.623. The Labute approximate surface area is 101 Å². The Balaban J connectivity index is 2.76. The summed E-state index contributed by atoms with van der Waals surface area (Å²) in [6, 6.07) is 6.34. The summed E-state index contributed by atoms with van der Waals surface area (Å²) in [6.07, 6.45) is 0.883. The van der Waals surface area contributed by atoms with Gasteiger partial charge in [-0.25, -0.2) is 0 Å². The molecular formula is C13H21NOS. The van der Waals surface area contributed by atoms with E-state index in [0.29, 0.717) is 12.3 Å². The van der Waals surface area contributed by atoms with Gasteiger partial charge in [-0.05, 0) is 25.8 Å². The first-order valence-corrected chi connectivity index (χ1v) is 7.09. The Morgan fingerprint density at radius 1 is 1.25 bits per heavy atom. The van der Waals surface area contributed by atoms with Gasteiger partial charge in [0.25, 0.3) is 0 Å². The summed E-state index contributed by atoms with van der Waals surface area (Å²) in [6.45, 7) is 6.68. The third kappa shape index (κ3) is 3.72. The Morgan fingerprint density at radius 2 is 1.81 bits per heavy atom. The SMILES string of the molecule is CCC(CN)S(=O)Cc1cc(C)cc(C)c1. The van der Waals surface area contributed by atoms with Crippen LogP contribution >= 0.6 is 0 Å². The molecule has 0 saturated carbocycles. The highest BCUT2D eigenvalue weighted by Gasteiger charge is 2.13. The molecule has 0 amide bonds. The molecule has 1 aromatic rings. The maximum atomic E-state index is 12.0. The molecule has 0 saturated heterocycles. The Hall–Kier alpha value is -0.670. The lowest BCUT2D eigenvalue weighted by molar-refractivity contribution is 0.663. The van der Waals surface area contributed by atoms with Crippen LogP contribution in [0.25, 0.3) is 0 Å². The van der Waals surface area contributed by atoms with Crippen molar-refractivity contribution in [3.8, 4) is 0 Å². The summed E-state index contributed by atoms with van der Waals surface area (Å²) in [7, 11) is -0.850. The van der Waals surface area contributed by atoms with Crippen molar-refractivity contribution in [2.24, 2.45) is 5.73 Å². The van der Waals surface area contributed by atoms with E-state index in [1.807, 2.05) is 6.92 Å². The lowest BCUT2D eigenvalue weighted by Gasteiger charge is -2.12. The van der Waals surface area contributed by atoms with Crippen LogP contribution in [0, 0.1) is 13.8 Å². The topological polar surface area (TPSA) is 43.1 Å². The van der Waals surface area contributed by atoms with Gasteiger partial charge in [-0.15, -0.1) is 0 Å². The van der Waals surface area contributed by atoms with Gasteiger partial charge in [-0.2, -0.15) is 0 Å². The fourth-order valence-corrected chi connectivity index (χ4v) is 3.21. The molecule has 0 aliphatic heterocycles. The second kappa shape index (κ2) is 6.16. The van der Waals surface area contributed by atoms with Crippen LogP contribution in [0.15, 0.2) is 18.2 Å². The minimum absolute atomic E-state index is 0.126. The zero-order chi connectivity index (χ0) is 12.1. The van der Waals surface area contributed by atoms with E-state index in [9.17, 15) is 4.21 Å². The normalized spacial score (nSPS) is 14.8. The highest BCUT2D eigenvalue weighted by atomic mass is 32.2. The Morgan fingerprint density at radius 3 is 2.25 bits per heavy atom. The van der Waals surface area contributed by atoms with Gasteiger partial charge >= 0.3 is 0 Å². The van der Waals surface area contributed by atoms with Gasteiger partial charge in [0, 0.05) is 28.3 Å². The first kappa shape index (κ1) is 13.4. The largest absolute Gasteiger partial charge is 0.329 e. The zero-order valence-corrected chi connectivity index (χ0v) is 11.1. The van der Waals surface area contributed by atoms with E-state index in [-0.39, 0.29) is 5.25 Å². The molecule has 16 heavy (non-hydrogen) atoms. The highest BCUT2D eigenvalue weighted by molar-refractivity contribution is 7.84. The molecule has 0 bridgehead atoms. The molecule has 2 N–H and O–H groups in total. The van der Waals surface area contributed by atoms with E-state index in [0.717, 1.165) is 12.0 Å². The van der Waals surface area contributed by atoms with Crippen LogP contribution in [0.2, 0.25) is 0 Å². The zero-order valence-electron chi connectivity index (χ0n) is 10.3. The molecule has 0 aromatic heterocycles. The molecular weight excluding hydrogens is 218 g/mol. The number of benzene rings is 1.